The van der Waals surface area contributed by atoms with Gasteiger partial charge in [0.2, 0.25) is 0 Å². The predicted molar refractivity (Wildman–Crippen MR) is 105 cm³/mol. The van der Waals surface area contributed by atoms with Gasteiger partial charge in [0, 0.05) is 11.1 Å². The summed E-state index contributed by atoms with van der Waals surface area (Å²) in [5.41, 5.74) is 2.27. The third-order valence-electron chi connectivity index (χ3n) is 7.15. The maximum absolute atomic E-state index is 12.5. The Balaban J connectivity index is 1.37. The first-order valence-corrected chi connectivity index (χ1v) is 10.4. The minimum atomic E-state index is -0.0120. The van der Waals surface area contributed by atoms with Gasteiger partial charge in [0.15, 0.2) is 6.61 Å². The van der Waals surface area contributed by atoms with E-state index in [2.05, 4.69) is 12.2 Å². The average molecular weight is 376 g/mol. The van der Waals surface area contributed by atoms with E-state index in [-0.39, 0.29) is 18.6 Å². The Morgan fingerprint density at radius 2 is 1.65 bits per heavy atom. The molecular formula is C22H30ClNO2. The zero-order valence-electron chi connectivity index (χ0n) is 16.1. The Kier molecular flexibility index (Phi) is 4.71. The maximum Gasteiger partial charge on any atom is 0.258 e. The number of aryl methyl sites for hydroxylation is 2. The van der Waals surface area contributed by atoms with Crippen LogP contribution >= 0.6 is 11.6 Å². The van der Waals surface area contributed by atoms with Crippen molar-refractivity contribution in [1.82, 2.24) is 5.32 Å². The summed E-state index contributed by atoms with van der Waals surface area (Å²) in [5, 5.41) is 3.97. The standard InChI is InChI=1S/C22H30ClNO2/c1-13-4-19(23)5-14(2)21(13)26-12-20(25)24-15(3)22-9-16-6-17(10-22)8-18(7-16)11-22/h4-5,15-18H,6-12H2,1-3H3,(H,24,25)/t15-,16?,17?,18?,22?/m1/s1. The van der Waals surface area contributed by atoms with E-state index in [0.29, 0.717) is 10.4 Å². The first-order valence-electron chi connectivity index (χ1n) is 10.0. The Morgan fingerprint density at radius 3 is 2.15 bits per heavy atom. The quantitative estimate of drug-likeness (QED) is 0.781. The molecule has 0 saturated heterocycles. The minimum absolute atomic E-state index is 0.0120. The molecule has 4 aliphatic rings. The molecular weight excluding hydrogens is 346 g/mol. The van der Waals surface area contributed by atoms with Gasteiger partial charge in [0.05, 0.1) is 0 Å². The van der Waals surface area contributed by atoms with Gasteiger partial charge in [-0.05, 0) is 106 Å². The summed E-state index contributed by atoms with van der Waals surface area (Å²) >= 11 is 6.07. The molecule has 5 rings (SSSR count). The lowest BCUT2D eigenvalue weighted by Gasteiger charge is -2.59. The van der Waals surface area contributed by atoms with Gasteiger partial charge in [-0.15, -0.1) is 0 Å². The van der Waals surface area contributed by atoms with Crippen molar-refractivity contribution in [3.8, 4) is 5.75 Å². The van der Waals surface area contributed by atoms with E-state index >= 15 is 0 Å². The van der Waals surface area contributed by atoms with Gasteiger partial charge < -0.3 is 10.1 Å². The molecule has 1 atom stereocenters. The van der Waals surface area contributed by atoms with Gasteiger partial charge in [-0.1, -0.05) is 11.6 Å². The second-order valence-electron chi connectivity index (χ2n) is 9.23. The number of hydrogen-bond donors (Lipinski definition) is 1. The summed E-state index contributed by atoms with van der Waals surface area (Å²) in [6.07, 6.45) is 8.19. The van der Waals surface area contributed by atoms with E-state index in [4.69, 9.17) is 16.3 Å². The number of ether oxygens (including phenoxy) is 1. The molecule has 4 aliphatic carbocycles. The molecule has 4 saturated carbocycles. The first kappa shape index (κ1) is 18.2. The summed E-state index contributed by atoms with van der Waals surface area (Å²) in [6.45, 7) is 6.21. The fraction of sp³-hybridized carbons (Fsp3) is 0.682. The molecule has 3 nitrogen and oxygen atoms in total. The van der Waals surface area contributed by atoms with Crippen molar-refractivity contribution in [2.75, 3.05) is 6.61 Å². The second-order valence-corrected chi connectivity index (χ2v) is 9.66. The molecule has 0 aliphatic heterocycles. The molecule has 142 valence electrons. The van der Waals surface area contributed by atoms with Gasteiger partial charge in [0.1, 0.15) is 5.75 Å². The van der Waals surface area contributed by atoms with Gasteiger partial charge in [0.25, 0.3) is 5.91 Å². The maximum atomic E-state index is 12.5. The second kappa shape index (κ2) is 6.74. The smallest absolute Gasteiger partial charge is 0.258 e. The van der Waals surface area contributed by atoms with E-state index in [1.807, 2.05) is 26.0 Å². The third-order valence-corrected chi connectivity index (χ3v) is 7.37. The highest BCUT2D eigenvalue weighted by atomic mass is 35.5. The highest BCUT2D eigenvalue weighted by Gasteiger charge is 2.53. The van der Waals surface area contributed by atoms with Crippen molar-refractivity contribution in [2.24, 2.45) is 23.2 Å². The summed E-state index contributed by atoms with van der Waals surface area (Å²) < 4.78 is 5.83. The summed E-state index contributed by atoms with van der Waals surface area (Å²) in [7, 11) is 0. The van der Waals surface area contributed by atoms with Crippen LogP contribution in [0, 0.1) is 37.0 Å². The summed E-state index contributed by atoms with van der Waals surface area (Å²) in [5.74, 6) is 3.46. The van der Waals surface area contributed by atoms with Crippen LogP contribution in [0.15, 0.2) is 12.1 Å². The van der Waals surface area contributed by atoms with Crippen LogP contribution in [0.25, 0.3) is 0 Å². The van der Waals surface area contributed by atoms with Crippen LogP contribution in [0.4, 0.5) is 0 Å². The number of carbonyl (C=O) groups excluding carboxylic acids is 1. The van der Waals surface area contributed by atoms with Crippen molar-refractivity contribution < 1.29 is 9.53 Å². The number of hydrogen-bond acceptors (Lipinski definition) is 2. The number of halogens is 1. The normalized spacial score (nSPS) is 33.2. The van der Waals surface area contributed by atoms with Gasteiger partial charge in [-0.3, -0.25) is 4.79 Å². The molecule has 4 heteroatoms. The summed E-state index contributed by atoms with van der Waals surface area (Å²) in [4.78, 5) is 12.5. The number of carbonyl (C=O) groups is 1. The molecule has 1 amide bonds. The molecule has 1 aromatic carbocycles. The molecule has 4 bridgehead atoms. The van der Waals surface area contributed by atoms with E-state index in [9.17, 15) is 4.79 Å². The van der Waals surface area contributed by atoms with E-state index in [1.54, 1.807) is 0 Å². The van der Waals surface area contributed by atoms with Crippen molar-refractivity contribution in [3.05, 3.63) is 28.3 Å². The molecule has 1 aromatic rings. The fourth-order valence-electron chi connectivity index (χ4n) is 6.41. The Bertz CT molecular complexity index is 656. The van der Waals surface area contributed by atoms with Crippen LogP contribution in [0.3, 0.4) is 0 Å². The largest absolute Gasteiger partial charge is 0.483 e. The average Bonchev–Trinajstić information content (AvgIpc) is 2.52. The van der Waals surface area contributed by atoms with Crippen molar-refractivity contribution in [2.45, 2.75) is 65.3 Å². The van der Waals surface area contributed by atoms with Crippen LogP contribution in [0.1, 0.15) is 56.6 Å². The van der Waals surface area contributed by atoms with Gasteiger partial charge in [-0.25, -0.2) is 0 Å². The lowest BCUT2D eigenvalue weighted by Crippen LogP contribution is -2.56. The predicted octanol–water partition coefficient (Wildman–Crippen LogP) is 5.06. The van der Waals surface area contributed by atoms with E-state index in [1.165, 1.54) is 38.5 Å². The number of rotatable bonds is 5. The highest BCUT2D eigenvalue weighted by Crippen LogP contribution is 2.61. The molecule has 4 fully saturated rings. The number of nitrogens with one attached hydrogen (secondary N) is 1. The highest BCUT2D eigenvalue weighted by molar-refractivity contribution is 6.30. The van der Waals surface area contributed by atoms with Gasteiger partial charge in [-0.2, -0.15) is 0 Å². The van der Waals surface area contributed by atoms with Gasteiger partial charge >= 0.3 is 0 Å². The third kappa shape index (κ3) is 3.35. The Labute approximate surface area is 161 Å². The van der Waals surface area contributed by atoms with Crippen LogP contribution < -0.4 is 10.1 Å². The lowest BCUT2D eigenvalue weighted by molar-refractivity contribution is -0.127. The Morgan fingerprint density at radius 1 is 1.15 bits per heavy atom. The van der Waals surface area contributed by atoms with E-state index < -0.39 is 0 Å². The number of benzene rings is 1. The Hall–Kier alpha value is -1.22. The first-order chi connectivity index (χ1) is 12.3. The molecule has 0 aromatic heterocycles. The van der Waals surface area contributed by atoms with Crippen LogP contribution in [0.5, 0.6) is 5.75 Å². The topological polar surface area (TPSA) is 38.3 Å². The zero-order chi connectivity index (χ0) is 18.5. The molecule has 0 heterocycles. The monoisotopic (exact) mass is 375 g/mol. The fourth-order valence-corrected chi connectivity index (χ4v) is 6.73. The molecule has 26 heavy (non-hydrogen) atoms. The molecule has 0 spiro atoms. The SMILES string of the molecule is Cc1cc(Cl)cc(C)c1OCC(=O)N[C@H](C)C12CC3CC(CC(C3)C1)C2. The molecule has 0 unspecified atom stereocenters. The van der Waals surface area contributed by atoms with E-state index in [0.717, 1.165) is 34.6 Å². The molecule has 0 radical (unpaired) electrons. The lowest BCUT2D eigenvalue weighted by atomic mass is 9.48. The molecule has 1 N–H and O–H groups in total. The minimum Gasteiger partial charge on any atom is -0.483 e. The zero-order valence-corrected chi connectivity index (χ0v) is 16.9. The summed E-state index contributed by atoms with van der Waals surface area (Å²) in [6, 6.07) is 3.99. The number of amides is 1. The van der Waals surface area contributed by atoms with Crippen molar-refractivity contribution in [1.29, 1.82) is 0 Å². The van der Waals surface area contributed by atoms with Crippen molar-refractivity contribution in [3.63, 3.8) is 0 Å². The van der Waals surface area contributed by atoms with Crippen LogP contribution in [-0.2, 0) is 4.79 Å². The van der Waals surface area contributed by atoms with Crippen LogP contribution in [-0.4, -0.2) is 18.6 Å². The van der Waals surface area contributed by atoms with Crippen molar-refractivity contribution >= 4 is 17.5 Å². The van der Waals surface area contributed by atoms with Crippen LogP contribution in [0.2, 0.25) is 5.02 Å².